The van der Waals surface area contributed by atoms with E-state index in [0.717, 1.165) is 26.9 Å². The number of carbonyl (C=O) groups is 1. The van der Waals surface area contributed by atoms with Crippen LogP contribution in [0.3, 0.4) is 0 Å². The average molecular weight is 509 g/mol. The Morgan fingerprint density at radius 1 is 1.12 bits per heavy atom. The molecule has 3 aromatic carbocycles. The zero-order valence-corrected chi connectivity index (χ0v) is 20.0. The van der Waals surface area contributed by atoms with E-state index in [9.17, 15) is 9.90 Å². The molecule has 0 saturated carbocycles. The topological polar surface area (TPSA) is 80.2 Å². The number of hydrogen-bond acceptors (Lipinski definition) is 6. The molecule has 1 aliphatic heterocycles. The monoisotopic (exact) mass is 508 g/mol. The molecule has 4 rings (SSSR count). The Hall–Kier alpha value is -3.16. The highest BCUT2D eigenvalue weighted by atomic mass is 79.9. The van der Waals surface area contributed by atoms with Crippen LogP contribution in [0.2, 0.25) is 0 Å². The van der Waals surface area contributed by atoms with E-state index in [2.05, 4.69) is 21.2 Å². The highest BCUT2D eigenvalue weighted by Gasteiger charge is 2.28. The fourth-order valence-electron chi connectivity index (χ4n) is 3.91. The van der Waals surface area contributed by atoms with Crippen molar-refractivity contribution in [2.24, 2.45) is 4.99 Å². The Kier molecular flexibility index (Phi) is 7.11. The second kappa shape index (κ2) is 10.2. The van der Waals surface area contributed by atoms with E-state index in [4.69, 9.17) is 14.5 Å². The first-order valence-corrected chi connectivity index (χ1v) is 11.5. The lowest BCUT2D eigenvalue weighted by atomic mass is 9.93. The Labute approximate surface area is 201 Å². The highest BCUT2D eigenvalue weighted by Crippen LogP contribution is 2.39. The fraction of sp³-hybridized carbons (Fsp3) is 0.231. The smallest absolute Gasteiger partial charge is 0.337 e. The molecule has 0 aliphatic carbocycles. The van der Waals surface area contributed by atoms with Gasteiger partial charge in [0.1, 0.15) is 6.17 Å². The molecule has 3 aromatic rings. The Morgan fingerprint density at radius 3 is 2.52 bits per heavy atom. The molecule has 0 aromatic heterocycles. The normalized spacial score (nSPS) is 17.8. The standard InChI is InChI=1S/C26H25BrN2O4/c1-3-33-23-6-4-5-20(24(23)30)22-15-21(16-11-13-19(27)14-12-16)28-25(29-22)17-7-9-18(10-8-17)26(31)32-2/h4-14,22,25,29-30H,3,15H2,1-2H3. The van der Waals surface area contributed by atoms with Crippen LogP contribution in [0, 0.1) is 0 Å². The third kappa shape index (κ3) is 5.10. The number of carbonyl (C=O) groups excluding carboxylic acids is 1. The van der Waals surface area contributed by atoms with Gasteiger partial charge in [-0.1, -0.05) is 52.3 Å². The first-order valence-electron chi connectivity index (χ1n) is 10.7. The minimum Gasteiger partial charge on any atom is -0.504 e. The van der Waals surface area contributed by atoms with Gasteiger partial charge in [0.25, 0.3) is 0 Å². The van der Waals surface area contributed by atoms with Crippen LogP contribution in [0.5, 0.6) is 11.5 Å². The number of para-hydroxylation sites is 1. The zero-order valence-electron chi connectivity index (χ0n) is 18.4. The summed E-state index contributed by atoms with van der Waals surface area (Å²) in [5, 5.41) is 14.4. The van der Waals surface area contributed by atoms with Crippen LogP contribution in [0.25, 0.3) is 0 Å². The van der Waals surface area contributed by atoms with Crippen molar-refractivity contribution in [2.75, 3.05) is 13.7 Å². The second-order valence-corrected chi connectivity index (χ2v) is 8.56. The molecule has 0 amide bonds. The van der Waals surface area contributed by atoms with Gasteiger partial charge in [0.05, 0.1) is 19.3 Å². The zero-order chi connectivity index (χ0) is 23.4. The molecule has 0 radical (unpaired) electrons. The van der Waals surface area contributed by atoms with E-state index >= 15 is 0 Å². The molecule has 0 fully saturated rings. The maximum absolute atomic E-state index is 11.8. The minimum absolute atomic E-state index is 0.133. The van der Waals surface area contributed by atoms with Crippen LogP contribution >= 0.6 is 15.9 Å². The summed E-state index contributed by atoms with van der Waals surface area (Å²) in [7, 11) is 1.36. The Bertz CT molecular complexity index is 1160. The van der Waals surface area contributed by atoms with E-state index in [1.54, 1.807) is 18.2 Å². The van der Waals surface area contributed by atoms with E-state index in [-0.39, 0.29) is 23.9 Å². The number of ether oxygens (including phenoxy) is 2. The molecular formula is C26H25BrN2O4. The number of esters is 1. The predicted molar refractivity (Wildman–Crippen MR) is 131 cm³/mol. The van der Waals surface area contributed by atoms with Gasteiger partial charge in [-0.05, 0) is 48.4 Å². The number of phenols is 1. The predicted octanol–water partition coefficient (Wildman–Crippen LogP) is 5.56. The third-order valence-electron chi connectivity index (χ3n) is 5.57. The molecule has 2 unspecified atom stereocenters. The van der Waals surface area contributed by atoms with Crippen molar-refractivity contribution in [1.29, 1.82) is 0 Å². The summed E-state index contributed by atoms with van der Waals surface area (Å²) in [6.45, 7) is 2.35. The fourth-order valence-corrected chi connectivity index (χ4v) is 4.17. The van der Waals surface area contributed by atoms with Crippen molar-refractivity contribution in [3.63, 3.8) is 0 Å². The van der Waals surface area contributed by atoms with Gasteiger partial charge in [-0.3, -0.25) is 10.3 Å². The van der Waals surface area contributed by atoms with Gasteiger partial charge in [-0.15, -0.1) is 0 Å². The molecule has 0 saturated heterocycles. The van der Waals surface area contributed by atoms with E-state index < -0.39 is 0 Å². The summed E-state index contributed by atoms with van der Waals surface area (Å²) in [5.41, 5.74) is 4.08. The van der Waals surface area contributed by atoms with Gasteiger partial charge in [-0.25, -0.2) is 4.79 Å². The summed E-state index contributed by atoms with van der Waals surface area (Å²) in [6, 6.07) is 20.6. The number of halogens is 1. The number of nitrogens with zero attached hydrogens (tertiary/aromatic N) is 1. The van der Waals surface area contributed by atoms with Crippen molar-refractivity contribution < 1.29 is 19.4 Å². The summed E-state index contributed by atoms with van der Waals surface area (Å²) in [4.78, 5) is 16.8. The van der Waals surface area contributed by atoms with Crippen molar-refractivity contribution in [3.8, 4) is 11.5 Å². The molecule has 2 N–H and O–H groups in total. The van der Waals surface area contributed by atoms with Crippen molar-refractivity contribution >= 4 is 27.6 Å². The van der Waals surface area contributed by atoms with Gasteiger partial charge in [0, 0.05) is 28.2 Å². The van der Waals surface area contributed by atoms with E-state index in [1.165, 1.54) is 7.11 Å². The number of aliphatic imine (C=N–C) groups is 1. The van der Waals surface area contributed by atoms with Gasteiger partial charge in [0.2, 0.25) is 0 Å². The minimum atomic E-state index is -0.382. The lowest BCUT2D eigenvalue weighted by Gasteiger charge is -2.31. The van der Waals surface area contributed by atoms with E-state index in [1.807, 2.05) is 55.5 Å². The van der Waals surface area contributed by atoms with Crippen molar-refractivity contribution in [3.05, 3.63) is 93.5 Å². The third-order valence-corrected chi connectivity index (χ3v) is 6.10. The first-order chi connectivity index (χ1) is 16.0. The molecule has 1 aliphatic rings. The number of nitrogens with one attached hydrogen (secondary N) is 1. The molecule has 0 spiro atoms. The summed E-state index contributed by atoms with van der Waals surface area (Å²) >= 11 is 3.49. The SMILES string of the molecule is CCOc1cccc(C2CC(c3ccc(Br)cc3)=NC(c3ccc(C(=O)OC)cc3)N2)c1O. The first kappa shape index (κ1) is 23.0. The molecule has 1 heterocycles. The number of rotatable bonds is 6. The molecule has 6 nitrogen and oxygen atoms in total. The van der Waals surface area contributed by atoms with Crippen molar-refractivity contribution in [1.82, 2.24) is 5.32 Å². The summed E-state index contributed by atoms with van der Waals surface area (Å²) in [5.74, 6) is 0.213. The van der Waals surface area contributed by atoms with Crippen LogP contribution < -0.4 is 10.1 Å². The van der Waals surface area contributed by atoms with Crippen molar-refractivity contribution in [2.45, 2.75) is 25.6 Å². The Morgan fingerprint density at radius 2 is 1.85 bits per heavy atom. The molecule has 33 heavy (non-hydrogen) atoms. The highest BCUT2D eigenvalue weighted by molar-refractivity contribution is 9.10. The van der Waals surface area contributed by atoms with Crippen LogP contribution in [-0.2, 0) is 4.74 Å². The maximum Gasteiger partial charge on any atom is 0.337 e. The number of methoxy groups -OCH3 is 1. The molecule has 170 valence electrons. The average Bonchev–Trinajstić information content (AvgIpc) is 2.85. The number of benzene rings is 3. The van der Waals surface area contributed by atoms with Gasteiger partial charge in [0.15, 0.2) is 11.5 Å². The van der Waals surface area contributed by atoms with E-state index in [0.29, 0.717) is 24.3 Å². The number of aromatic hydroxyl groups is 1. The van der Waals surface area contributed by atoms with Gasteiger partial charge in [-0.2, -0.15) is 0 Å². The number of phenolic OH excluding ortho intramolecular Hbond substituents is 1. The molecule has 0 bridgehead atoms. The number of hydrogen-bond donors (Lipinski definition) is 2. The quantitative estimate of drug-likeness (QED) is 0.426. The molecule has 2 atom stereocenters. The van der Waals surface area contributed by atoms with Gasteiger partial charge >= 0.3 is 5.97 Å². The summed E-state index contributed by atoms with van der Waals surface area (Å²) < 4.78 is 11.4. The lowest BCUT2D eigenvalue weighted by Crippen LogP contribution is -2.33. The van der Waals surface area contributed by atoms with Crippen LogP contribution in [-0.4, -0.2) is 30.5 Å². The molecule has 7 heteroatoms. The van der Waals surface area contributed by atoms with Crippen LogP contribution in [0.4, 0.5) is 0 Å². The largest absolute Gasteiger partial charge is 0.504 e. The maximum atomic E-state index is 11.8. The Balaban J connectivity index is 1.72. The molecular weight excluding hydrogens is 484 g/mol. The van der Waals surface area contributed by atoms with Crippen LogP contribution in [0.15, 0.2) is 76.2 Å². The van der Waals surface area contributed by atoms with Crippen LogP contribution in [0.1, 0.15) is 52.6 Å². The van der Waals surface area contributed by atoms with Gasteiger partial charge < -0.3 is 14.6 Å². The summed E-state index contributed by atoms with van der Waals surface area (Å²) in [6.07, 6.45) is 0.242. The second-order valence-electron chi connectivity index (χ2n) is 7.65. The lowest BCUT2D eigenvalue weighted by molar-refractivity contribution is 0.0600.